The summed E-state index contributed by atoms with van der Waals surface area (Å²) in [6, 6.07) is 10.3. The topological polar surface area (TPSA) is 72.5 Å². The average Bonchev–Trinajstić information content (AvgIpc) is 2.51. The summed E-state index contributed by atoms with van der Waals surface area (Å²) in [6.45, 7) is 3.31. The van der Waals surface area contributed by atoms with E-state index in [2.05, 4.69) is 5.32 Å². The minimum atomic E-state index is -0.417. The lowest BCUT2D eigenvalue weighted by molar-refractivity contribution is -0.118. The first-order valence-corrected chi connectivity index (χ1v) is 7.01. The van der Waals surface area contributed by atoms with Crippen molar-refractivity contribution in [2.45, 2.75) is 13.8 Å². The van der Waals surface area contributed by atoms with Crippen molar-refractivity contribution in [2.24, 2.45) is 0 Å². The maximum absolute atomic E-state index is 12.2. The highest BCUT2D eigenvalue weighted by atomic mass is 16.5. The molecule has 114 valence electrons. The SMILES string of the molecule is CCOC(=O)c1cccc2c(C(=O)CNC(C)=O)cccc12. The van der Waals surface area contributed by atoms with Crippen LogP contribution in [0.5, 0.6) is 0 Å². The van der Waals surface area contributed by atoms with Crippen molar-refractivity contribution in [3.05, 3.63) is 47.5 Å². The summed E-state index contributed by atoms with van der Waals surface area (Å²) in [6.07, 6.45) is 0. The van der Waals surface area contributed by atoms with Crippen molar-refractivity contribution in [1.82, 2.24) is 5.32 Å². The molecule has 0 heterocycles. The van der Waals surface area contributed by atoms with Crippen LogP contribution in [0.4, 0.5) is 0 Å². The van der Waals surface area contributed by atoms with E-state index >= 15 is 0 Å². The van der Waals surface area contributed by atoms with Gasteiger partial charge in [0.1, 0.15) is 0 Å². The average molecular weight is 299 g/mol. The number of benzene rings is 2. The highest BCUT2D eigenvalue weighted by molar-refractivity contribution is 6.13. The summed E-state index contributed by atoms with van der Waals surface area (Å²) in [7, 11) is 0. The van der Waals surface area contributed by atoms with E-state index in [4.69, 9.17) is 4.74 Å². The molecule has 0 aliphatic rings. The van der Waals surface area contributed by atoms with Crippen molar-refractivity contribution in [3.63, 3.8) is 0 Å². The Balaban J connectivity index is 2.45. The molecule has 0 aliphatic carbocycles. The predicted molar refractivity (Wildman–Crippen MR) is 82.9 cm³/mol. The number of rotatable bonds is 5. The Labute approximate surface area is 128 Å². The molecule has 5 heteroatoms. The van der Waals surface area contributed by atoms with Crippen molar-refractivity contribution < 1.29 is 19.1 Å². The van der Waals surface area contributed by atoms with Gasteiger partial charge in [-0.15, -0.1) is 0 Å². The molecule has 0 bridgehead atoms. The van der Waals surface area contributed by atoms with Gasteiger partial charge >= 0.3 is 5.97 Å². The van der Waals surface area contributed by atoms with Crippen LogP contribution in [-0.4, -0.2) is 30.8 Å². The molecule has 0 aliphatic heterocycles. The summed E-state index contributed by atoms with van der Waals surface area (Å²) < 4.78 is 5.03. The number of esters is 1. The zero-order valence-corrected chi connectivity index (χ0v) is 12.5. The van der Waals surface area contributed by atoms with Gasteiger partial charge in [0.25, 0.3) is 0 Å². The standard InChI is InChI=1S/C17H17NO4/c1-3-22-17(21)15-9-5-6-12-13(15)7-4-8-14(12)16(20)10-18-11(2)19/h4-9H,3,10H2,1-2H3,(H,18,19). The maximum Gasteiger partial charge on any atom is 0.338 e. The second-order valence-corrected chi connectivity index (χ2v) is 4.76. The van der Waals surface area contributed by atoms with Crippen LogP contribution in [-0.2, 0) is 9.53 Å². The Morgan fingerprint density at radius 2 is 1.59 bits per heavy atom. The summed E-state index contributed by atoms with van der Waals surface area (Å²) >= 11 is 0. The summed E-state index contributed by atoms with van der Waals surface area (Å²) in [4.78, 5) is 35.2. The summed E-state index contributed by atoms with van der Waals surface area (Å²) in [5, 5.41) is 3.82. The van der Waals surface area contributed by atoms with Crippen molar-refractivity contribution in [1.29, 1.82) is 0 Å². The molecule has 0 aromatic heterocycles. The van der Waals surface area contributed by atoms with Crippen LogP contribution in [0.3, 0.4) is 0 Å². The Morgan fingerprint density at radius 3 is 2.18 bits per heavy atom. The fourth-order valence-corrected chi connectivity index (χ4v) is 2.24. The van der Waals surface area contributed by atoms with Gasteiger partial charge in [0.15, 0.2) is 5.78 Å². The van der Waals surface area contributed by atoms with E-state index in [1.54, 1.807) is 43.3 Å². The first-order valence-electron chi connectivity index (χ1n) is 7.01. The van der Waals surface area contributed by atoms with E-state index in [-0.39, 0.29) is 24.8 Å². The van der Waals surface area contributed by atoms with E-state index < -0.39 is 5.97 Å². The van der Waals surface area contributed by atoms with E-state index in [1.165, 1.54) is 6.92 Å². The Hall–Kier alpha value is -2.69. The highest BCUT2D eigenvalue weighted by Gasteiger charge is 2.15. The molecule has 0 saturated heterocycles. The Kier molecular flexibility index (Phi) is 4.88. The lowest BCUT2D eigenvalue weighted by atomic mass is 9.98. The number of hydrogen-bond acceptors (Lipinski definition) is 4. The third-order valence-electron chi connectivity index (χ3n) is 3.22. The molecule has 0 radical (unpaired) electrons. The molecule has 22 heavy (non-hydrogen) atoms. The normalized spacial score (nSPS) is 10.3. The minimum absolute atomic E-state index is 0.0713. The molecule has 5 nitrogen and oxygen atoms in total. The van der Waals surface area contributed by atoms with Gasteiger partial charge in [-0.3, -0.25) is 9.59 Å². The van der Waals surface area contributed by atoms with Gasteiger partial charge < -0.3 is 10.1 Å². The van der Waals surface area contributed by atoms with Gasteiger partial charge in [-0.1, -0.05) is 30.3 Å². The number of ketones is 1. The Morgan fingerprint density at radius 1 is 1.00 bits per heavy atom. The number of fused-ring (bicyclic) bond motifs is 1. The van der Waals surface area contributed by atoms with Gasteiger partial charge in [-0.25, -0.2) is 4.79 Å². The number of hydrogen-bond donors (Lipinski definition) is 1. The van der Waals surface area contributed by atoms with E-state index in [0.29, 0.717) is 21.9 Å². The molecule has 0 spiro atoms. The first-order chi connectivity index (χ1) is 10.5. The Bertz CT molecular complexity index is 737. The largest absolute Gasteiger partial charge is 0.462 e. The predicted octanol–water partition coefficient (Wildman–Crippen LogP) is 2.34. The number of carbonyl (C=O) groups excluding carboxylic acids is 3. The molecular weight excluding hydrogens is 282 g/mol. The molecule has 1 N–H and O–H groups in total. The van der Waals surface area contributed by atoms with Crippen LogP contribution in [0.1, 0.15) is 34.6 Å². The second kappa shape index (κ2) is 6.85. The number of nitrogens with one attached hydrogen (secondary N) is 1. The van der Waals surface area contributed by atoms with Crippen molar-refractivity contribution in [3.8, 4) is 0 Å². The molecule has 0 saturated carbocycles. The number of ether oxygens (including phenoxy) is 1. The maximum atomic E-state index is 12.2. The molecule has 2 aromatic rings. The van der Waals surface area contributed by atoms with Crippen LogP contribution >= 0.6 is 0 Å². The first kappa shape index (κ1) is 15.7. The highest BCUT2D eigenvalue weighted by Crippen LogP contribution is 2.23. The fourth-order valence-electron chi connectivity index (χ4n) is 2.24. The molecule has 1 amide bonds. The van der Waals surface area contributed by atoms with E-state index in [0.717, 1.165) is 0 Å². The quantitative estimate of drug-likeness (QED) is 0.679. The molecule has 0 fully saturated rings. The lowest BCUT2D eigenvalue weighted by Gasteiger charge is -2.09. The third-order valence-corrected chi connectivity index (χ3v) is 3.22. The third kappa shape index (κ3) is 3.31. The van der Waals surface area contributed by atoms with Crippen LogP contribution in [0, 0.1) is 0 Å². The van der Waals surface area contributed by atoms with Crippen LogP contribution in [0.2, 0.25) is 0 Å². The molecule has 0 atom stereocenters. The monoisotopic (exact) mass is 299 g/mol. The van der Waals surface area contributed by atoms with Gasteiger partial charge in [-0.2, -0.15) is 0 Å². The zero-order valence-electron chi connectivity index (χ0n) is 12.5. The zero-order chi connectivity index (χ0) is 16.1. The molecule has 0 unspecified atom stereocenters. The number of amides is 1. The van der Waals surface area contributed by atoms with Crippen LogP contribution in [0.25, 0.3) is 10.8 Å². The van der Waals surface area contributed by atoms with Crippen LogP contribution in [0.15, 0.2) is 36.4 Å². The minimum Gasteiger partial charge on any atom is -0.462 e. The van der Waals surface area contributed by atoms with Gasteiger partial charge in [0.05, 0.1) is 18.7 Å². The van der Waals surface area contributed by atoms with Crippen molar-refractivity contribution >= 4 is 28.4 Å². The van der Waals surface area contributed by atoms with E-state index in [9.17, 15) is 14.4 Å². The lowest BCUT2D eigenvalue weighted by Crippen LogP contribution is -2.27. The molecule has 2 aromatic carbocycles. The smallest absolute Gasteiger partial charge is 0.338 e. The number of carbonyl (C=O) groups is 3. The second-order valence-electron chi connectivity index (χ2n) is 4.76. The fraction of sp³-hybridized carbons (Fsp3) is 0.235. The van der Waals surface area contributed by atoms with Gasteiger partial charge in [0, 0.05) is 12.5 Å². The molecule has 2 rings (SSSR count). The summed E-state index contributed by atoms with van der Waals surface area (Å²) in [5.74, 6) is -0.887. The van der Waals surface area contributed by atoms with Gasteiger partial charge in [-0.05, 0) is 23.8 Å². The summed E-state index contributed by atoms with van der Waals surface area (Å²) in [5.41, 5.74) is 0.894. The number of Topliss-reactive ketones (excluding diaryl/α,β-unsaturated/α-hetero) is 1. The van der Waals surface area contributed by atoms with E-state index in [1.807, 2.05) is 0 Å². The van der Waals surface area contributed by atoms with Crippen LogP contribution < -0.4 is 5.32 Å². The van der Waals surface area contributed by atoms with Crippen molar-refractivity contribution in [2.75, 3.05) is 13.2 Å². The molecular formula is C17H17NO4. The van der Waals surface area contributed by atoms with Gasteiger partial charge in [0.2, 0.25) is 5.91 Å².